The lowest BCUT2D eigenvalue weighted by molar-refractivity contribution is 0.230. The van der Waals surface area contributed by atoms with Crippen LogP contribution >= 0.6 is 0 Å². The maximum Gasteiger partial charge on any atom is 0.322 e. The average Bonchev–Trinajstić information content (AvgIpc) is 2.36. The first-order chi connectivity index (χ1) is 5.61. The Balaban J connectivity index is 2.64. The van der Waals surface area contributed by atoms with E-state index in [0.717, 1.165) is 0 Å². The van der Waals surface area contributed by atoms with Crippen LogP contribution in [0.2, 0.25) is 0 Å². The fraction of sp³-hybridized carbons (Fsp3) is 0.429. The van der Waals surface area contributed by atoms with Gasteiger partial charge in [0.2, 0.25) is 0 Å². The zero-order valence-electron chi connectivity index (χ0n) is 7.40. The number of nitrogens with zero attached hydrogens (tertiary/aromatic N) is 3. The van der Waals surface area contributed by atoms with E-state index in [1.54, 1.807) is 38.1 Å². The van der Waals surface area contributed by atoms with Crippen LogP contribution in [-0.2, 0) is 7.05 Å². The Morgan fingerprint density at radius 3 is 2.75 bits per heavy atom. The van der Waals surface area contributed by atoms with Gasteiger partial charge in [0.25, 0.3) is 0 Å². The highest BCUT2D eigenvalue weighted by atomic mass is 16.2. The van der Waals surface area contributed by atoms with E-state index in [0.29, 0.717) is 5.82 Å². The van der Waals surface area contributed by atoms with E-state index in [1.807, 2.05) is 0 Å². The lowest BCUT2D eigenvalue weighted by Crippen LogP contribution is -2.28. The van der Waals surface area contributed by atoms with Crippen molar-refractivity contribution >= 4 is 11.8 Å². The Labute approximate surface area is 71.0 Å². The highest BCUT2D eigenvalue weighted by Crippen LogP contribution is 2.03. The van der Waals surface area contributed by atoms with Crippen molar-refractivity contribution in [2.24, 2.45) is 7.05 Å². The van der Waals surface area contributed by atoms with Crippen molar-refractivity contribution in [3.63, 3.8) is 0 Å². The molecule has 5 heteroatoms. The molecule has 0 bridgehead atoms. The normalized spacial score (nSPS) is 9.58. The van der Waals surface area contributed by atoms with Gasteiger partial charge in [-0.25, -0.2) is 4.79 Å². The van der Waals surface area contributed by atoms with Gasteiger partial charge in [-0.2, -0.15) is 5.10 Å². The fourth-order valence-electron chi connectivity index (χ4n) is 0.718. The van der Waals surface area contributed by atoms with Crippen LogP contribution in [-0.4, -0.2) is 34.8 Å². The van der Waals surface area contributed by atoms with Gasteiger partial charge in [-0.05, 0) is 0 Å². The van der Waals surface area contributed by atoms with Crippen molar-refractivity contribution in [3.8, 4) is 0 Å². The summed E-state index contributed by atoms with van der Waals surface area (Å²) in [6.07, 6.45) is 1.63. The number of rotatable bonds is 1. The van der Waals surface area contributed by atoms with Crippen molar-refractivity contribution in [1.82, 2.24) is 14.7 Å². The van der Waals surface area contributed by atoms with Crippen LogP contribution < -0.4 is 5.32 Å². The maximum atomic E-state index is 11.1. The standard InChI is InChI=1S/C7H12N4O/c1-10(2)7(12)9-6-4-5-8-11(6)3/h4-5H,1-3H3,(H,9,12). The van der Waals surface area contributed by atoms with Crippen LogP contribution in [0, 0.1) is 0 Å². The van der Waals surface area contributed by atoms with Gasteiger partial charge in [0.15, 0.2) is 0 Å². The van der Waals surface area contributed by atoms with Gasteiger partial charge in [-0.1, -0.05) is 0 Å². The summed E-state index contributed by atoms with van der Waals surface area (Å²) < 4.78 is 1.60. The third-order valence-electron chi connectivity index (χ3n) is 1.46. The van der Waals surface area contributed by atoms with Crippen molar-refractivity contribution < 1.29 is 4.79 Å². The first-order valence-corrected chi connectivity index (χ1v) is 3.57. The molecule has 0 aliphatic carbocycles. The van der Waals surface area contributed by atoms with Crippen molar-refractivity contribution in [2.75, 3.05) is 19.4 Å². The number of anilines is 1. The predicted octanol–water partition coefficient (Wildman–Crippen LogP) is 0.514. The molecule has 0 saturated carbocycles. The summed E-state index contributed by atoms with van der Waals surface area (Å²) in [5.74, 6) is 0.689. The van der Waals surface area contributed by atoms with E-state index in [2.05, 4.69) is 10.4 Å². The first kappa shape index (κ1) is 8.58. The molecule has 1 aromatic rings. The van der Waals surface area contributed by atoms with Gasteiger partial charge in [0.1, 0.15) is 5.82 Å². The molecule has 0 saturated heterocycles. The molecule has 0 aromatic carbocycles. The Kier molecular flexibility index (Phi) is 2.32. The Hall–Kier alpha value is -1.52. The second kappa shape index (κ2) is 3.25. The maximum absolute atomic E-state index is 11.1. The average molecular weight is 168 g/mol. The van der Waals surface area contributed by atoms with E-state index in [1.165, 1.54) is 4.90 Å². The lowest BCUT2D eigenvalue weighted by Gasteiger charge is -2.11. The topological polar surface area (TPSA) is 50.2 Å². The fourth-order valence-corrected chi connectivity index (χ4v) is 0.718. The summed E-state index contributed by atoms with van der Waals surface area (Å²) in [4.78, 5) is 12.6. The second-order valence-corrected chi connectivity index (χ2v) is 2.66. The van der Waals surface area contributed by atoms with Crippen LogP contribution in [0.25, 0.3) is 0 Å². The lowest BCUT2D eigenvalue weighted by atomic mass is 10.6. The number of hydrogen-bond donors (Lipinski definition) is 1. The van der Waals surface area contributed by atoms with Gasteiger partial charge in [0, 0.05) is 27.2 Å². The third-order valence-corrected chi connectivity index (χ3v) is 1.46. The molecule has 5 nitrogen and oxygen atoms in total. The molecule has 0 radical (unpaired) electrons. The van der Waals surface area contributed by atoms with Crippen molar-refractivity contribution in [2.45, 2.75) is 0 Å². The van der Waals surface area contributed by atoms with Gasteiger partial charge in [0.05, 0.1) is 6.20 Å². The molecular formula is C7H12N4O. The smallest absolute Gasteiger partial charge is 0.322 e. The molecule has 1 aromatic heterocycles. The van der Waals surface area contributed by atoms with Crippen molar-refractivity contribution in [3.05, 3.63) is 12.3 Å². The van der Waals surface area contributed by atoms with E-state index >= 15 is 0 Å². The molecule has 0 aliphatic heterocycles. The van der Waals surface area contributed by atoms with E-state index in [9.17, 15) is 4.79 Å². The Morgan fingerprint density at radius 1 is 1.67 bits per heavy atom. The molecule has 0 aliphatic rings. The highest BCUT2D eigenvalue weighted by molar-refractivity contribution is 5.87. The highest BCUT2D eigenvalue weighted by Gasteiger charge is 2.05. The number of amides is 2. The largest absolute Gasteiger partial charge is 0.331 e. The Morgan fingerprint density at radius 2 is 2.33 bits per heavy atom. The molecular weight excluding hydrogens is 156 g/mol. The number of aryl methyl sites for hydroxylation is 1. The molecule has 0 unspecified atom stereocenters. The first-order valence-electron chi connectivity index (χ1n) is 3.57. The molecule has 12 heavy (non-hydrogen) atoms. The molecule has 1 N–H and O–H groups in total. The quantitative estimate of drug-likeness (QED) is 0.664. The zero-order valence-corrected chi connectivity index (χ0v) is 7.40. The van der Waals surface area contributed by atoms with Crippen LogP contribution in [0.5, 0.6) is 0 Å². The summed E-state index contributed by atoms with van der Waals surface area (Å²) in [6.45, 7) is 0. The van der Waals surface area contributed by atoms with E-state index in [-0.39, 0.29) is 6.03 Å². The predicted molar refractivity (Wildman–Crippen MR) is 45.9 cm³/mol. The molecule has 0 fully saturated rings. The monoisotopic (exact) mass is 168 g/mol. The summed E-state index contributed by atoms with van der Waals surface area (Å²) in [6, 6.07) is 1.58. The number of urea groups is 1. The number of aromatic nitrogens is 2. The number of carbonyl (C=O) groups is 1. The molecule has 1 heterocycles. The minimum atomic E-state index is -0.154. The van der Waals surface area contributed by atoms with Crippen LogP contribution in [0.3, 0.4) is 0 Å². The molecule has 2 amide bonds. The molecule has 1 rings (SSSR count). The van der Waals surface area contributed by atoms with Gasteiger partial charge < -0.3 is 4.90 Å². The number of hydrogen-bond acceptors (Lipinski definition) is 2. The Bertz CT molecular complexity index is 279. The summed E-state index contributed by atoms with van der Waals surface area (Å²) in [5.41, 5.74) is 0. The molecule has 66 valence electrons. The van der Waals surface area contributed by atoms with E-state index < -0.39 is 0 Å². The molecule has 0 atom stereocenters. The summed E-state index contributed by atoms with van der Waals surface area (Å²) in [5, 5.41) is 6.59. The third kappa shape index (κ3) is 1.75. The van der Waals surface area contributed by atoms with Crippen molar-refractivity contribution in [1.29, 1.82) is 0 Å². The van der Waals surface area contributed by atoms with Gasteiger partial charge in [-0.15, -0.1) is 0 Å². The SMILES string of the molecule is CN(C)C(=O)Nc1ccnn1C. The van der Waals surface area contributed by atoms with Gasteiger partial charge >= 0.3 is 6.03 Å². The second-order valence-electron chi connectivity index (χ2n) is 2.66. The minimum absolute atomic E-state index is 0.154. The van der Waals surface area contributed by atoms with E-state index in [4.69, 9.17) is 0 Å². The minimum Gasteiger partial charge on any atom is -0.331 e. The van der Waals surface area contributed by atoms with Crippen LogP contribution in [0.15, 0.2) is 12.3 Å². The van der Waals surface area contributed by atoms with Gasteiger partial charge in [-0.3, -0.25) is 10.00 Å². The molecule has 0 spiro atoms. The van der Waals surface area contributed by atoms with Crippen LogP contribution in [0.1, 0.15) is 0 Å². The summed E-state index contributed by atoms with van der Waals surface area (Å²) >= 11 is 0. The summed E-state index contributed by atoms with van der Waals surface area (Å²) in [7, 11) is 5.14. The zero-order chi connectivity index (χ0) is 9.14. The number of carbonyl (C=O) groups excluding carboxylic acids is 1. The van der Waals surface area contributed by atoms with Crippen LogP contribution in [0.4, 0.5) is 10.6 Å². The number of nitrogens with one attached hydrogen (secondary N) is 1.